The number of carboxylic acids is 1. The number of aliphatic hydroxyl groups is 2. The molecule has 37 heavy (non-hydrogen) atoms. The minimum Gasteiger partial charge on any atom is -0.508 e. The molecular weight excluding hydrogens is 466 g/mol. The van der Waals surface area contributed by atoms with E-state index in [9.17, 15) is 20.1 Å². The number of aliphatic carboxylic acids is 1. The molecule has 1 aliphatic rings. The zero-order valence-electron chi connectivity index (χ0n) is 20.5. The zero-order valence-corrected chi connectivity index (χ0v) is 20.5. The van der Waals surface area contributed by atoms with E-state index in [-0.39, 0.29) is 25.5 Å². The van der Waals surface area contributed by atoms with Crippen molar-refractivity contribution in [3.05, 3.63) is 101 Å². The lowest BCUT2D eigenvalue weighted by atomic mass is 9.72. The molecule has 4 N–H and O–H groups in total. The predicted molar refractivity (Wildman–Crippen MR) is 145 cm³/mol. The number of aliphatic hydroxyl groups excluding tert-OH is 1. The van der Waals surface area contributed by atoms with Gasteiger partial charge in [0.15, 0.2) is 0 Å². The SMILES string of the molecule is C.O=C(O)Cc1ccc(C(O)CCCN2CCC(C(O)(c3ccccc3)c3ccccc3)CC2)c(O)c1. The molecule has 3 aromatic carbocycles. The van der Waals surface area contributed by atoms with Crippen LogP contribution in [0.3, 0.4) is 0 Å². The number of nitrogens with zero attached hydrogens (tertiary/aromatic N) is 1. The topological polar surface area (TPSA) is 101 Å². The van der Waals surface area contributed by atoms with E-state index >= 15 is 0 Å². The summed E-state index contributed by atoms with van der Waals surface area (Å²) in [5, 5.41) is 41.7. The van der Waals surface area contributed by atoms with Gasteiger partial charge in [-0.2, -0.15) is 0 Å². The summed E-state index contributed by atoms with van der Waals surface area (Å²) < 4.78 is 0. The van der Waals surface area contributed by atoms with E-state index in [0.29, 0.717) is 17.5 Å². The molecule has 0 saturated carbocycles. The fourth-order valence-electron chi connectivity index (χ4n) is 5.42. The molecule has 0 aromatic heterocycles. The number of phenolic OH excluding ortho intramolecular Hbond substituents is 1. The number of rotatable bonds is 10. The molecule has 4 rings (SSSR count). The van der Waals surface area contributed by atoms with Crippen molar-refractivity contribution in [3.8, 4) is 5.75 Å². The molecule has 0 aliphatic carbocycles. The molecule has 0 amide bonds. The van der Waals surface area contributed by atoms with E-state index in [4.69, 9.17) is 5.11 Å². The fourth-order valence-corrected chi connectivity index (χ4v) is 5.42. The van der Waals surface area contributed by atoms with Crippen molar-refractivity contribution in [1.82, 2.24) is 4.90 Å². The van der Waals surface area contributed by atoms with Crippen LogP contribution < -0.4 is 0 Å². The molecular formula is C31H39NO5. The molecule has 6 nitrogen and oxygen atoms in total. The first-order chi connectivity index (χ1) is 17.4. The Morgan fingerprint density at radius 1 is 0.946 bits per heavy atom. The first-order valence-corrected chi connectivity index (χ1v) is 12.7. The van der Waals surface area contributed by atoms with Crippen molar-refractivity contribution in [2.24, 2.45) is 5.92 Å². The van der Waals surface area contributed by atoms with Gasteiger partial charge < -0.3 is 25.3 Å². The Labute approximate surface area is 219 Å². The highest BCUT2D eigenvalue weighted by atomic mass is 16.4. The quantitative estimate of drug-likeness (QED) is 0.305. The third-order valence-corrected chi connectivity index (χ3v) is 7.37. The summed E-state index contributed by atoms with van der Waals surface area (Å²) in [5.74, 6) is -0.925. The summed E-state index contributed by atoms with van der Waals surface area (Å²) in [4.78, 5) is 13.2. The van der Waals surface area contributed by atoms with E-state index < -0.39 is 17.7 Å². The predicted octanol–water partition coefficient (Wildman–Crippen LogP) is 5.12. The Bertz CT molecular complexity index is 1090. The summed E-state index contributed by atoms with van der Waals surface area (Å²) in [7, 11) is 0. The number of likely N-dealkylation sites (tertiary alicyclic amines) is 1. The highest BCUT2D eigenvalue weighted by Crippen LogP contribution is 2.42. The second-order valence-corrected chi connectivity index (χ2v) is 9.74. The number of carboxylic acid groups (broad SMARTS) is 1. The molecule has 0 spiro atoms. The highest BCUT2D eigenvalue weighted by Gasteiger charge is 2.41. The molecule has 6 heteroatoms. The number of piperidine rings is 1. The van der Waals surface area contributed by atoms with Crippen LogP contribution in [0.15, 0.2) is 78.9 Å². The van der Waals surface area contributed by atoms with Crippen LogP contribution in [0.25, 0.3) is 0 Å². The van der Waals surface area contributed by atoms with Crippen LogP contribution in [-0.2, 0) is 16.8 Å². The Hall–Kier alpha value is -3.19. The Morgan fingerprint density at radius 2 is 1.51 bits per heavy atom. The maximum atomic E-state index is 12.0. The maximum Gasteiger partial charge on any atom is 0.307 e. The van der Waals surface area contributed by atoms with Crippen molar-refractivity contribution in [3.63, 3.8) is 0 Å². The van der Waals surface area contributed by atoms with Crippen molar-refractivity contribution < 1.29 is 25.2 Å². The van der Waals surface area contributed by atoms with Crippen molar-refractivity contribution >= 4 is 5.97 Å². The third-order valence-electron chi connectivity index (χ3n) is 7.37. The summed E-state index contributed by atoms with van der Waals surface area (Å²) >= 11 is 0. The number of phenols is 1. The van der Waals surface area contributed by atoms with Gasteiger partial charge in [0.25, 0.3) is 0 Å². The fraction of sp³-hybridized carbons (Fsp3) is 0.387. The lowest BCUT2D eigenvalue weighted by molar-refractivity contribution is -0.136. The van der Waals surface area contributed by atoms with E-state index in [0.717, 1.165) is 50.0 Å². The third kappa shape index (κ3) is 6.77. The lowest BCUT2D eigenvalue weighted by Gasteiger charge is -2.42. The minimum atomic E-state index is -1.03. The van der Waals surface area contributed by atoms with Crippen molar-refractivity contribution in [1.29, 1.82) is 0 Å². The van der Waals surface area contributed by atoms with Gasteiger partial charge in [-0.25, -0.2) is 0 Å². The van der Waals surface area contributed by atoms with Gasteiger partial charge in [0.2, 0.25) is 0 Å². The summed E-state index contributed by atoms with van der Waals surface area (Å²) in [6.45, 7) is 2.58. The molecule has 1 fully saturated rings. The number of hydrogen-bond donors (Lipinski definition) is 4. The second kappa shape index (κ2) is 12.9. The molecule has 198 valence electrons. The molecule has 0 radical (unpaired) electrons. The largest absolute Gasteiger partial charge is 0.508 e. The molecule has 1 heterocycles. The van der Waals surface area contributed by atoms with Gasteiger partial charge in [0.1, 0.15) is 11.4 Å². The first kappa shape index (κ1) is 28.4. The summed E-state index contributed by atoms with van der Waals surface area (Å²) in [6, 6.07) is 24.5. The van der Waals surface area contributed by atoms with Gasteiger partial charge in [0, 0.05) is 5.56 Å². The van der Waals surface area contributed by atoms with E-state index in [2.05, 4.69) is 4.90 Å². The smallest absolute Gasteiger partial charge is 0.307 e. The zero-order chi connectivity index (χ0) is 25.5. The second-order valence-electron chi connectivity index (χ2n) is 9.74. The van der Waals surface area contributed by atoms with Crippen LogP contribution in [0, 0.1) is 5.92 Å². The molecule has 3 aromatic rings. The number of hydrogen-bond acceptors (Lipinski definition) is 5. The highest BCUT2D eigenvalue weighted by molar-refractivity contribution is 5.70. The molecule has 1 atom stereocenters. The Kier molecular flexibility index (Phi) is 9.86. The van der Waals surface area contributed by atoms with E-state index in [1.165, 1.54) is 6.07 Å². The Morgan fingerprint density at radius 3 is 2.03 bits per heavy atom. The minimum absolute atomic E-state index is 0. The molecule has 1 unspecified atom stereocenters. The van der Waals surface area contributed by atoms with Crippen LogP contribution in [-0.4, -0.2) is 50.9 Å². The van der Waals surface area contributed by atoms with Crippen LogP contribution in [0.5, 0.6) is 5.75 Å². The number of benzene rings is 3. The van der Waals surface area contributed by atoms with Gasteiger partial charge in [-0.1, -0.05) is 80.2 Å². The summed E-state index contributed by atoms with van der Waals surface area (Å²) in [5.41, 5.74) is 1.75. The van der Waals surface area contributed by atoms with E-state index in [1.807, 2.05) is 60.7 Å². The van der Waals surface area contributed by atoms with Gasteiger partial charge >= 0.3 is 5.97 Å². The average molecular weight is 506 g/mol. The monoisotopic (exact) mass is 505 g/mol. The van der Waals surface area contributed by atoms with Gasteiger partial charge in [-0.3, -0.25) is 4.79 Å². The summed E-state index contributed by atoms with van der Waals surface area (Å²) in [6.07, 6.45) is 2.04. The van der Waals surface area contributed by atoms with Crippen molar-refractivity contribution in [2.75, 3.05) is 19.6 Å². The normalized spacial score (nSPS) is 15.6. The molecule has 0 bridgehead atoms. The number of carbonyl (C=O) groups is 1. The Balaban J connectivity index is 0.00000380. The maximum absolute atomic E-state index is 12.0. The average Bonchev–Trinajstić information content (AvgIpc) is 2.89. The van der Waals surface area contributed by atoms with Gasteiger partial charge in [0.05, 0.1) is 12.5 Å². The van der Waals surface area contributed by atoms with Gasteiger partial charge in [-0.15, -0.1) is 0 Å². The van der Waals surface area contributed by atoms with Gasteiger partial charge in [-0.05, 0) is 74.0 Å². The van der Waals surface area contributed by atoms with Crippen LogP contribution >= 0.6 is 0 Å². The van der Waals surface area contributed by atoms with Crippen molar-refractivity contribution in [2.45, 2.75) is 51.2 Å². The van der Waals surface area contributed by atoms with E-state index in [1.54, 1.807) is 12.1 Å². The standard InChI is InChI=1S/C30H35NO5.CH4/c32-27(26-14-13-22(20-28(26)33)21-29(34)35)12-7-17-31-18-15-25(16-19-31)30(36,23-8-3-1-4-9-23)24-10-5-2-6-11-24;/h1-6,8-11,13-14,20,25,27,32-33,36H,7,12,15-19,21H2,(H,34,35);1H4. The molecule has 1 saturated heterocycles. The van der Waals surface area contributed by atoms with Crippen LogP contribution in [0.2, 0.25) is 0 Å². The van der Waals surface area contributed by atoms with Crippen LogP contribution in [0.4, 0.5) is 0 Å². The van der Waals surface area contributed by atoms with Crippen LogP contribution in [0.1, 0.15) is 61.5 Å². The molecule has 1 aliphatic heterocycles. The number of aromatic hydroxyl groups is 1. The first-order valence-electron chi connectivity index (χ1n) is 12.7. The lowest BCUT2D eigenvalue weighted by Crippen LogP contribution is -2.44.